The molecule has 1 aliphatic carbocycles. The molecule has 3 heteroatoms. The van der Waals surface area contributed by atoms with Crippen molar-refractivity contribution < 1.29 is 13.9 Å². The van der Waals surface area contributed by atoms with Crippen LogP contribution in [-0.2, 0) is 4.79 Å². The first kappa shape index (κ1) is 11.1. The highest BCUT2D eigenvalue weighted by molar-refractivity contribution is 5.75. The number of hydrogen-bond donors (Lipinski definition) is 0. The Labute approximate surface area is 94.4 Å². The second kappa shape index (κ2) is 5.10. The number of esters is 1. The number of carbonyl (C=O) groups excluding carboxylic acids is 1. The first-order chi connectivity index (χ1) is 7.75. The third-order valence-corrected chi connectivity index (χ3v) is 2.97. The molecule has 2 nitrogen and oxygen atoms in total. The van der Waals surface area contributed by atoms with E-state index in [9.17, 15) is 9.18 Å². The predicted molar refractivity (Wildman–Crippen MR) is 58.6 cm³/mol. The van der Waals surface area contributed by atoms with E-state index in [1.54, 1.807) is 0 Å². The zero-order valence-corrected chi connectivity index (χ0v) is 9.12. The fourth-order valence-electron chi connectivity index (χ4n) is 2.04. The Bertz CT molecular complexity index is 353. The van der Waals surface area contributed by atoms with Crippen LogP contribution in [0, 0.1) is 11.7 Å². The molecule has 2 rings (SSSR count). The SMILES string of the molecule is O=C(Oc1ccc(F)cc1)C1CCCCC1. The quantitative estimate of drug-likeness (QED) is 0.567. The van der Waals surface area contributed by atoms with Gasteiger partial charge >= 0.3 is 5.97 Å². The lowest BCUT2D eigenvalue weighted by molar-refractivity contribution is -0.139. The summed E-state index contributed by atoms with van der Waals surface area (Å²) in [5, 5.41) is 0. The molecule has 1 aliphatic rings. The van der Waals surface area contributed by atoms with Crippen molar-refractivity contribution in [3.8, 4) is 5.75 Å². The van der Waals surface area contributed by atoms with Gasteiger partial charge in [-0.2, -0.15) is 0 Å². The normalized spacial score (nSPS) is 17.1. The van der Waals surface area contributed by atoms with Crippen LogP contribution in [0.1, 0.15) is 32.1 Å². The van der Waals surface area contributed by atoms with Crippen molar-refractivity contribution in [3.05, 3.63) is 30.1 Å². The number of halogens is 1. The van der Waals surface area contributed by atoms with Crippen LogP contribution in [-0.4, -0.2) is 5.97 Å². The molecule has 0 bridgehead atoms. The second-order valence-corrected chi connectivity index (χ2v) is 4.21. The number of carbonyl (C=O) groups is 1. The lowest BCUT2D eigenvalue weighted by Gasteiger charge is -2.19. The van der Waals surface area contributed by atoms with Crippen LogP contribution >= 0.6 is 0 Å². The predicted octanol–water partition coefficient (Wildman–Crippen LogP) is 3.31. The fourth-order valence-corrected chi connectivity index (χ4v) is 2.04. The molecule has 0 radical (unpaired) electrons. The largest absolute Gasteiger partial charge is 0.426 e. The summed E-state index contributed by atoms with van der Waals surface area (Å²) in [6, 6.07) is 5.55. The minimum absolute atomic E-state index is 0.0267. The Hall–Kier alpha value is -1.38. The summed E-state index contributed by atoms with van der Waals surface area (Å²) in [7, 11) is 0. The van der Waals surface area contributed by atoms with Crippen LogP contribution in [0.2, 0.25) is 0 Å². The van der Waals surface area contributed by atoms with E-state index in [-0.39, 0.29) is 17.7 Å². The Morgan fingerprint density at radius 2 is 1.75 bits per heavy atom. The highest BCUT2D eigenvalue weighted by Crippen LogP contribution is 2.25. The van der Waals surface area contributed by atoms with E-state index in [0.717, 1.165) is 25.7 Å². The third-order valence-electron chi connectivity index (χ3n) is 2.97. The van der Waals surface area contributed by atoms with Crippen molar-refractivity contribution in [2.75, 3.05) is 0 Å². The van der Waals surface area contributed by atoms with Gasteiger partial charge in [0.2, 0.25) is 0 Å². The molecule has 1 aromatic rings. The van der Waals surface area contributed by atoms with Crippen molar-refractivity contribution in [3.63, 3.8) is 0 Å². The highest BCUT2D eigenvalue weighted by Gasteiger charge is 2.22. The maximum absolute atomic E-state index is 12.6. The van der Waals surface area contributed by atoms with Gasteiger partial charge in [0.1, 0.15) is 11.6 Å². The van der Waals surface area contributed by atoms with Gasteiger partial charge in [0.25, 0.3) is 0 Å². The van der Waals surface area contributed by atoms with Crippen molar-refractivity contribution in [2.45, 2.75) is 32.1 Å². The van der Waals surface area contributed by atoms with Gasteiger partial charge in [0.05, 0.1) is 5.92 Å². The van der Waals surface area contributed by atoms with E-state index in [4.69, 9.17) is 4.74 Å². The van der Waals surface area contributed by atoms with Crippen LogP contribution in [0.25, 0.3) is 0 Å². The first-order valence-corrected chi connectivity index (χ1v) is 5.73. The average Bonchev–Trinajstić information content (AvgIpc) is 2.33. The van der Waals surface area contributed by atoms with Crippen LogP contribution in [0.15, 0.2) is 24.3 Å². The molecule has 86 valence electrons. The van der Waals surface area contributed by atoms with Gasteiger partial charge in [-0.3, -0.25) is 4.79 Å². The molecule has 1 aromatic carbocycles. The molecule has 1 saturated carbocycles. The molecular formula is C13H15FO2. The lowest BCUT2D eigenvalue weighted by atomic mass is 9.89. The number of benzene rings is 1. The molecule has 0 aliphatic heterocycles. The van der Waals surface area contributed by atoms with E-state index < -0.39 is 0 Å². The molecule has 0 unspecified atom stereocenters. The number of hydrogen-bond acceptors (Lipinski definition) is 2. The number of rotatable bonds is 2. The Balaban J connectivity index is 1.93. The van der Waals surface area contributed by atoms with E-state index in [2.05, 4.69) is 0 Å². The Morgan fingerprint density at radius 3 is 2.38 bits per heavy atom. The van der Waals surface area contributed by atoms with Gasteiger partial charge in [-0.1, -0.05) is 19.3 Å². The molecule has 0 amide bonds. The fraction of sp³-hybridized carbons (Fsp3) is 0.462. The first-order valence-electron chi connectivity index (χ1n) is 5.73. The minimum Gasteiger partial charge on any atom is -0.426 e. The van der Waals surface area contributed by atoms with Crippen molar-refractivity contribution in [2.24, 2.45) is 5.92 Å². The maximum atomic E-state index is 12.6. The molecule has 0 atom stereocenters. The van der Waals surface area contributed by atoms with Gasteiger partial charge in [-0.15, -0.1) is 0 Å². The second-order valence-electron chi connectivity index (χ2n) is 4.21. The maximum Gasteiger partial charge on any atom is 0.314 e. The van der Waals surface area contributed by atoms with Crippen LogP contribution < -0.4 is 4.74 Å². The van der Waals surface area contributed by atoms with Gasteiger partial charge < -0.3 is 4.74 Å². The highest BCUT2D eigenvalue weighted by atomic mass is 19.1. The summed E-state index contributed by atoms with van der Waals surface area (Å²) in [4.78, 5) is 11.7. The third kappa shape index (κ3) is 2.81. The molecule has 0 N–H and O–H groups in total. The van der Waals surface area contributed by atoms with E-state index in [1.165, 1.54) is 30.7 Å². The smallest absolute Gasteiger partial charge is 0.314 e. The van der Waals surface area contributed by atoms with Crippen LogP contribution in [0.5, 0.6) is 5.75 Å². The zero-order valence-electron chi connectivity index (χ0n) is 9.12. The number of ether oxygens (including phenoxy) is 1. The lowest BCUT2D eigenvalue weighted by Crippen LogP contribution is -2.22. The van der Waals surface area contributed by atoms with Gasteiger partial charge in [-0.05, 0) is 37.1 Å². The topological polar surface area (TPSA) is 26.3 Å². The van der Waals surface area contributed by atoms with Crippen molar-refractivity contribution >= 4 is 5.97 Å². The summed E-state index contributed by atoms with van der Waals surface area (Å²) < 4.78 is 17.8. The molecule has 1 fully saturated rings. The molecule has 0 spiro atoms. The molecular weight excluding hydrogens is 207 g/mol. The van der Waals surface area contributed by atoms with Crippen molar-refractivity contribution in [1.82, 2.24) is 0 Å². The summed E-state index contributed by atoms with van der Waals surface area (Å²) >= 11 is 0. The minimum atomic E-state index is -0.322. The van der Waals surface area contributed by atoms with Crippen LogP contribution in [0.3, 0.4) is 0 Å². The monoisotopic (exact) mass is 222 g/mol. The standard InChI is InChI=1S/C13H15FO2/c14-11-6-8-12(9-7-11)16-13(15)10-4-2-1-3-5-10/h6-10H,1-5H2. The Morgan fingerprint density at radius 1 is 1.12 bits per heavy atom. The van der Waals surface area contributed by atoms with E-state index in [1.807, 2.05) is 0 Å². The summed E-state index contributed by atoms with van der Waals surface area (Å²) in [6.45, 7) is 0. The summed E-state index contributed by atoms with van der Waals surface area (Å²) in [5.74, 6) is -0.0421. The Kier molecular flexibility index (Phi) is 3.54. The van der Waals surface area contributed by atoms with Gasteiger partial charge in [-0.25, -0.2) is 4.39 Å². The summed E-state index contributed by atoms with van der Waals surface area (Å²) in [5.41, 5.74) is 0. The molecule has 16 heavy (non-hydrogen) atoms. The van der Waals surface area contributed by atoms with E-state index in [0.29, 0.717) is 5.75 Å². The van der Waals surface area contributed by atoms with Gasteiger partial charge in [0.15, 0.2) is 0 Å². The van der Waals surface area contributed by atoms with Crippen molar-refractivity contribution in [1.29, 1.82) is 0 Å². The van der Waals surface area contributed by atoms with Gasteiger partial charge in [0, 0.05) is 0 Å². The van der Waals surface area contributed by atoms with Crippen LogP contribution in [0.4, 0.5) is 4.39 Å². The molecule has 0 aromatic heterocycles. The summed E-state index contributed by atoms with van der Waals surface area (Å²) in [6.07, 6.45) is 5.24. The average molecular weight is 222 g/mol. The molecule has 0 saturated heterocycles. The van der Waals surface area contributed by atoms with E-state index >= 15 is 0 Å². The molecule has 0 heterocycles. The zero-order chi connectivity index (χ0) is 11.4.